The molecule has 3 aromatic rings. The third-order valence-corrected chi connectivity index (χ3v) is 6.74. The van der Waals surface area contributed by atoms with E-state index in [1.165, 1.54) is 0 Å². The van der Waals surface area contributed by atoms with Crippen molar-refractivity contribution in [2.24, 2.45) is 0 Å². The minimum absolute atomic E-state index is 0.141. The second-order valence-corrected chi connectivity index (χ2v) is 9.57. The summed E-state index contributed by atoms with van der Waals surface area (Å²) >= 11 is 3.49. The monoisotopic (exact) mass is 505 g/mol. The molecule has 6 nitrogen and oxygen atoms in total. The van der Waals surface area contributed by atoms with Crippen LogP contribution in [0.1, 0.15) is 53.8 Å². The van der Waals surface area contributed by atoms with Crippen molar-refractivity contribution in [2.75, 3.05) is 4.90 Å². The quantitative estimate of drug-likeness (QED) is 0.476. The molecule has 3 amide bonds. The maximum absolute atomic E-state index is 13.2. The van der Waals surface area contributed by atoms with Crippen molar-refractivity contribution < 1.29 is 14.3 Å². The van der Waals surface area contributed by atoms with Crippen molar-refractivity contribution in [1.82, 2.24) is 10.6 Å². The molecule has 2 aliphatic rings. The van der Waals surface area contributed by atoms with E-state index in [2.05, 4.69) is 26.6 Å². The molecule has 3 atom stereocenters. The standard InChI is InChI=1S/C26H24BrN3O3/c1-16(17-7-4-3-5-8-17)28-24(31)18-9-6-10-20(13-18)30-25(32)29-22-15-26(30,2)33-23-12-11-19(27)14-21(22)23/h3-14,16,22H,15H2,1-2H3,(H,28,31)(H,29,32)/t16?,22-,26-/m1/s1. The molecule has 1 saturated heterocycles. The van der Waals surface area contributed by atoms with E-state index in [1.807, 2.05) is 68.4 Å². The lowest BCUT2D eigenvalue weighted by atomic mass is 9.90. The summed E-state index contributed by atoms with van der Waals surface area (Å²) < 4.78 is 7.29. The van der Waals surface area contributed by atoms with E-state index in [9.17, 15) is 9.59 Å². The summed E-state index contributed by atoms with van der Waals surface area (Å²) in [7, 11) is 0. The zero-order valence-corrected chi connectivity index (χ0v) is 19.9. The zero-order chi connectivity index (χ0) is 23.2. The maximum atomic E-state index is 13.2. The van der Waals surface area contributed by atoms with Gasteiger partial charge in [-0.1, -0.05) is 52.3 Å². The fourth-order valence-electron chi connectivity index (χ4n) is 4.63. The molecular weight excluding hydrogens is 482 g/mol. The first-order chi connectivity index (χ1) is 15.8. The van der Waals surface area contributed by atoms with E-state index in [0.717, 1.165) is 21.3 Å². The van der Waals surface area contributed by atoms with Crippen molar-refractivity contribution in [1.29, 1.82) is 0 Å². The largest absolute Gasteiger partial charge is 0.467 e. The van der Waals surface area contributed by atoms with E-state index < -0.39 is 5.72 Å². The number of amides is 3. The van der Waals surface area contributed by atoms with Crippen LogP contribution in [0.25, 0.3) is 0 Å². The number of rotatable bonds is 4. The minimum atomic E-state index is -0.875. The smallest absolute Gasteiger partial charge is 0.325 e. The molecule has 2 N–H and O–H groups in total. The van der Waals surface area contributed by atoms with E-state index in [-0.39, 0.29) is 24.0 Å². The first-order valence-electron chi connectivity index (χ1n) is 10.9. The third-order valence-electron chi connectivity index (χ3n) is 6.25. The van der Waals surface area contributed by atoms with Crippen LogP contribution in [-0.2, 0) is 0 Å². The molecule has 2 bridgehead atoms. The molecule has 1 unspecified atom stereocenters. The van der Waals surface area contributed by atoms with E-state index in [4.69, 9.17) is 4.74 Å². The Bertz CT molecular complexity index is 1230. The van der Waals surface area contributed by atoms with Crippen molar-refractivity contribution in [3.05, 3.63) is 94.0 Å². The van der Waals surface area contributed by atoms with Gasteiger partial charge in [0.25, 0.3) is 5.91 Å². The predicted molar refractivity (Wildman–Crippen MR) is 130 cm³/mol. The number of hydrogen-bond donors (Lipinski definition) is 2. The average molecular weight is 506 g/mol. The Labute approximate surface area is 201 Å². The lowest BCUT2D eigenvalue weighted by molar-refractivity contribution is 0.0378. The second kappa shape index (κ2) is 8.23. The van der Waals surface area contributed by atoms with Gasteiger partial charge in [0.15, 0.2) is 5.72 Å². The molecule has 7 heteroatoms. The topological polar surface area (TPSA) is 70.7 Å². The maximum Gasteiger partial charge on any atom is 0.325 e. The Kier molecular flexibility index (Phi) is 5.37. The van der Waals surface area contributed by atoms with Crippen molar-refractivity contribution in [3.63, 3.8) is 0 Å². The second-order valence-electron chi connectivity index (χ2n) is 8.66. The van der Waals surface area contributed by atoms with E-state index in [1.54, 1.807) is 23.1 Å². The number of hydrogen-bond acceptors (Lipinski definition) is 3. The van der Waals surface area contributed by atoms with Gasteiger partial charge >= 0.3 is 6.03 Å². The Morgan fingerprint density at radius 1 is 1.15 bits per heavy atom. The highest BCUT2D eigenvalue weighted by Crippen LogP contribution is 2.46. The van der Waals surface area contributed by atoms with E-state index >= 15 is 0 Å². The van der Waals surface area contributed by atoms with Crippen LogP contribution in [0.2, 0.25) is 0 Å². The molecule has 0 saturated carbocycles. The van der Waals surface area contributed by atoms with Gasteiger partial charge in [-0.05, 0) is 55.8 Å². The molecule has 0 radical (unpaired) electrons. The van der Waals surface area contributed by atoms with Gasteiger partial charge in [0.05, 0.1) is 17.8 Å². The zero-order valence-electron chi connectivity index (χ0n) is 18.3. The summed E-state index contributed by atoms with van der Waals surface area (Å²) in [6.07, 6.45) is 0.587. The minimum Gasteiger partial charge on any atom is -0.467 e. The Morgan fingerprint density at radius 2 is 1.94 bits per heavy atom. The molecule has 0 aliphatic carbocycles. The number of urea groups is 1. The number of halogens is 1. The van der Waals surface area contributed by atoms with Gasteiger partial charge in [0.2, 0.25) is 0 Å². The molecule has 0 aromatic heterocycles. The average Bonchev–Trinajstić information content (AvgIpc) is 2.80. The fraction of sp³-hybridized carbons (Fsp3) is 0.231. The van der Waals surface area contributed by atoms with Gasteiger partial charge in [-0.2, -0.15) is 0 Å². The summed E-state index contributed by atoms with van der Waals surface area (Å²) in [5.41, 5.74) is 2.19. The number of nitrogens with one attached hydrogen (secondary N) is 2. The van der Waals surface area contributed by atoms with Gasteiger partial charge in [0.1, 0.15) is 5.75 Å². The highest BCUT2D eigenvalue weighted by Gasteiger charge is 2.49. The first-order valence-corrected chi connectivity index (χ1v) is 11.7. The van der Waals surface area contributed by atoms with Crippen molar-refractivity contribution >= 4 is 33.6 Å². The number of carbonyl (C=O) groups is 2. The SMILES string of the molecule is CC(NC(=O)c1cccc(N2C(=O)N[C@@H]3C[C@@]2(C)Oc2ccc(Br)cc23)c1)c1ccccc1. The van der Waals surface area contributed by atoms with Crippen LogP contribution in [0.3, 0.4) is 0 Å². The summed E-state index contributed by atoms with van der Waals surface area (Å²) in [5, 5.41) is 6.12. The Balaban J connectivity index is 1.42. The van der Waals surface area contributed by atoms with Crippen LogP contribution in [0.15, 0.2) is 77.3 Å². The molecule has 3 aromatic carbocycles. The van der Waals surface area contributed by atoms with Crippen LogP contribution in [0.5, 0.6) is 5.75 Å². The molecular formula is C26H24BrN3O3. The fourth-order valence-corrected chi connectivity index (χ4v) is 5.01. The summed E-state index contributed by atoms with van der Waals surface area (Å²) in [5.74, 6) is 0.543. The molecule has 168 valence electrons. The first kappa shape index (κ1) is 21.5. The molecule has 1 fully saturated rings. The molecule has 2 heterocycles. The summed E-state index contributed by atoms with van der Waals surface area (Å²) in [4.78, 5) is 27.7. The van der Waals surface area contributed by atoms with Crippen molar-refractivity contribution in [2.45, 2.75) is 38.1 Å². The number of benzene rings is 3. The number of ether oxygens (including phenoxy) is 1. The van der Waals surface area contributed by atoms with Crippen LogP contribution < -0.4 is 20.3 Å². The van der Waals surface area contributed by atoms with E-state index in [0.29, 0.717) is 17.7 Å². The van der Waals surface area contributed by atoms with Gasteiger partial charge in [0, 0.05) is 22.0 Å². The van der Waals surface area contributed by atoms with Crippen molar-refractivity contribution in [3.8, 4) is 5.75 Å². The highest BCUT2D eigenvalue weighted by atomic mass is 79.9. The van der Waals surface area contributed by atoms with Crippen LogP contribution in [0.4, 0.5) is 10.5 Å². The van der Waals surface area contributed by atoms with Crippen LogP contribution in [0, 0.1) is 0 Å². The van der Waals surface area contributed by atoms with Gasteiger partial charge in [-0.3, -0.25) is 9.69 Å². The third kappa shape index (κ3) is 3.97. The normalized spacial score (nSPS) is 22.0. The number of anilines is 1. The van der Waals surface area contributed by atoms with Gasteiger partial charge < -0.3 is 15.4 Å². The Morgan fingerprint density at radius 3 is 2.73 bits per heavy atom. The van der Waals surface area contributed by atoms with Crippen LogP contribution >= 0.6 is 15.9 Å². The number of fused-ring (bicyclic) bond motifs is 4. The van der Waals surface area contributed by atoms with Gasteiger partial charge in [-0.15, -0.1) is 0 Å². The lowest BCUT2D eigenvalue weighted by Gasteiger charge is -2.50. The summed E-state index contributed by atoms with van der Waals surface area (Å²) in [6.45, 7) is 3.86. The van der Waals surface area contributed by atoms with Crippen LogP contribution in [-0.4, -0.2) is 17.7 Å². The lowest BCUT2D eigenvalue weighted by Crippen LogP contribution is -2.65. The Hall–Kier alpha value is -3.32. The molecule has 33 heavy (non-hydrogen) atoms. The predicted octanol–water partition coefficient (Wildman–Crippen LogP) is 5.71. The number of carbonyl (C=O) groups excluding carboxylic acids is 2. The molecule has 5 rings (SSSR count). The summed E-state index contributed by atoms with van der Waals surface area (Å²) in [6, 6.07) is 22.2. The number of nitrogens with zero attached hydrogens (tertiary/aromatic N) is 1. The molecule has 0 spiro atoms. The van der Waals surface area contributed by atoms with Gasteiger partial charge in [-0.25, -0.2) is 4.79 Å². The molecule has 2 aliphatic heterocycles. The highest BCUT2D eigenvalue weighted by molar-refractivity contribution is 9.10.